The molecule has 0 spiro atoms. The predicted molar refractivity (Wildman–Crippen MR) is 85.5 cm³/mol. The second-order valence-electron chi connectivity index (χ2n) is 4.13. The summed E-state index contributed by atoms with van der Waals surface area (Å²) in [6, 6.07) is 14.5. The molecule has 0 aliphatic rings. The Labute approximate surface area is 127 Å². The van der Waals surface area contributed by atoms with Crippen LogP contribution >= 0.6 is 11.8 Å². The van der Waals surface area contributed by atoms with Crippen LogP contribution in [0.1, 0.15) is 0 Å². The number of nitrogens with one attached hydrogen (secondary N) is 1. The summed E-state index contributed by atoms with van der Waals surface area (Å²) >= 11 is 1.71. The molecule has 2 N–H and O–H groups in total. The standard InChI is InChI=1S/C16H15NO3S/c1-2-11-21-15-9-7-14(8-10-15)20-13-5-3-12(4-6-13)17-16(18)19/h2-10,17H,1,11H2,(H,18,19). The van der Waals surface area contributed by atoms with Gasteiger partial charge in [-0.2, -0.15) is 0 Å². The average molecular weight is 301 g/mol. The molecule has 0 aromatic heterocycles. The van der Waals surface area contributed by atoms with E-state index in [-0.39, 0.29) is 0 Å². The molecule has 0 atom stereocenters. The number of thioether (sulfide) groups is 1. The van der Waals surface area contributed by atoms with Crippen LogP contribution in [-0.4, -0.2) is 17.0 Å². The van der Waals surface area contributed by atoms with Crippen LogP contribution in [0.2, 0.25) is 0 Å². The van der Waals surface area contributed by atoms with Gasteiger partial charge < -0.3 is 9.84 Å². The van der Waals surface area contributed by atoms with Gasteiger partial charge in [-0.3, -0.25) is 5.32 Å². The van der Waals surface area contributed by atoms with Crippen molar-refractivity contribution in [1.29, 1.82) is 0 Å². The summed E-state index contributed by atoms with van der Waals surface area (Å²) in [4.78, 5) is 11.7. The van der Waals surface area contributed by atoms with Crippen LogP contribution in [-0.2, 0) is 0 Å². The van der Waals surface area contributed by atoms with Gasteiger partial charge in [0.1, 0.15) is 11.5 Å². The minimum absolute atomic E-state index is 0.506. The zero-order valence-corrected chi connectivity index (χ0v) is 12.1. The van der Waals surface area contributed by atoms with Crippen LogP contribution in [0.3, 0.4) is 0 Å². The lowest BCUT2D eigenvalue weighted by Crippen LogP contribution is -2.06. The quantitative estimate of drug-likeness (QED) is 0.591. The first-order valence-corrected chi connectivity index (χ1v) is 7.27. The van der Waals surface area contributed by atoms with E-state index >= 15 is 0 Å². The van der Waals surface area contributed by atoms with Crippen LogP contribution in [0.25, 0.3) is 0 Å². The highest BCUT2D eigenvalue weighted by molar-refractivity contribution is 7.99. The Balaban J connectivity index is 1.97. The van der Waals surface area contributed by atoms with Gasteiger partial charge in [0.25, 0.3) is 0 Å². The molecule has 0 saturated carbocycles. The van der Waals surface area contributed by atoms with E-state index in [4.69, 9.17) is 9.84 Å². The van der Waals surface area contributed by atoms with Crippen molar-refractivity contribution < 1.29 is 14.6 Å². The third kappa shape index (κ3) is 4.89. The molecule has 2 rings (SSSR count). The molecule has 21 heavy (non-hydrogen) atoms. The number of rotatable bonds is 6. The number of anilines is 1. The molecule has 0 aliphatic heterocycles. The summed E-state index contributed by atoms with van der Waals surface area (Å²) in [5.74, 6) is 2.26. The maximum Gasteiger partial charge on any atom is 0.409 e. The molecule has 0 saturated heterocycles. The molecule has 5 heteroatoms. The molecular formula is C16H15NO3S. The van der Waals surface area contributed by atoms with E-state index in [1.807, 2.05) is 30.3 Å². The number of carbonyl (C=O) groups is 1. The van der Waals surface area contributed by atoms with Crippen LogP contribution in [0, 0.1) is 0 Å². The number of hydrogen-bond acceptors (Lipinski definition) is 3. The fraction of sp³-hybridized carbons (Fsp3) is 0.0625. The number of ether oxygens (including phenoxy) is 1. The second-order valence-corrected chi connectivity index (χ2v) is 5.22. The molecule has 0 fully saturated rings. The molecule has 4 nitrogen and oxygen atoms in total. The van der Waals surface area contributed by atoms with Crippen molar-refractivity contribution in [1.82, 2.24) is 0 Å². The second kappa shape index (κ2) is 7.40. The van der Waals surface area contributed by atoms with Gasteiger partial charge in [-0.15, -0.1) is 18.3 Å². The molecule has 0 radical (unpaired) electrons. The van der Waals surface area contributed by atoms with Crippen molar-refractivity contribution in [2.24, 2.45) is 0 Å². The first-order chi connectivity index (χ1) is 10.2. The topological polar surface area (TPSA) is 58.6 Å². The molecule has 2 aromatic carbocycles. The molecule has 0 heterocycles. The minimum Gasteiger partial charge on any atom is -0.465 e. The third-order valence-corrected chi connectivity index (χ3v) is 3.54. The van der Waals surface area contributed by atoms with Gasteiger partial charge in [0, 0.05) is 16.3 Å². The molecule has 2 aromatic rings. The summed E-state index contributed by atoms with van der Waals surface area (Å²) < 4.78 is 5.69. The molecule has 1 amide bonds. The number of carboxylic acid groups (broad SMARTS) is 1. The van der Waals surface area contributed by atoms with Crippen molar-refractivity contribution in [3.05, 3.63) is 61.2 Å². The van der Waals surface area contributed by atoms with Gasteiger partial charge in [0.05, 0.1) is 0 Å². The smallest absolute Gasteiger partial charge is 0.409 e. The van der Waals surface area contributed by atoms with E-state index in [2.05, 4.69) is 11.9 Å². The number of amides is 1. The lowest BCUT2D eigenvalue weighted by molar-refractivity contribution is 0.209. The van der Waals surface area contributed by atoms with E-state index < -0.39 is 6.09 Å². The first-order valence-electron chi connectivity index (χ1n) is 6.29. The predicted octanol–water partition coefficient (Wildman–Crippen LogP) is 4.85. The maximum atomic E-state index is 10.5. The molecular weight excluding hydrogens is 286 g/mol. The zero-order valence-electron chi connectivity index (χ0n) is 11.3. The SMILES string of the molecule is C=CCSc1ccc(Oc2ccc(NC(=O)O)cc2)cc1. The highest BCUT2D eigenvalue weighted by Gasteiger charge is 2.01. The zero-order chi connectivity index (χ0) is 15.1. The average Bonchev–Trinajstić information content (AvgIpc) is 2.48. The Morgan fingerprint density at radius 3 is 2.24 bits per heavy atom. The van der Waals surface area contributed by atoms with Crippen LogP contribution < -0.4 is 10.1 Å². The normalized spacial score (nSPS) is 9.90. The van der Waals surface area contributed by atoms with Gasteiger partial charge in [-0.25, -0.2) is 4.79 Å². The van der Waals surface area contributed by atoms with E-state index in [1.54, 1.807) is 36.0 Å². The molecule has 108 valence electrons. The lowest BCUT2D eigenvalue weighted by atomic mass is 10.3. The van der Waals surface area contributed by atoms with Crippen molar-refractivity contribution >= 4 is 23.5 Å². The van der Waals surface area contributed by atoms with E-state index in [0.717, 1.165) is 16.4 Å². The molecule has 0 unspecified atom stereocenters. The Morgan fingerprint density at radius 2 is 1.71 bits per heavy atom. The summed E-state index contributed by atoms with van der Waals surface area (Å²) in [5, 5.41) is 10.9. The van der Waals surface area contributed by atoms with Gasteiger partial charge in [-0.05, 0) is 48.5 Å². The number of hydrogen-bond donors (Lipinski definition) is 2. The van der Waals surface area contributed by atoms with E-state index in [1.165, 1.54) is 0 Å². The van der Waals surface area contributed by atoms with Crippen molar-refractivity contribution in [2.45, 2.75) is 4.90 Å². The fourth-order valence-electron chi connectivity index (χ4n) is 1.62. The van der Waals surface area contributed by atoms with Gasteiger partial charge in [-0.1, -0.05) is 6.08 Å². The summed E-state index contributed by atoms with van der Waals surface area (Å²) in [5.41, 5.74) is 0.506. The van der Waals surface area contributed by atoms with E-state index in [9.17, 15) is 4.79 Å². The van der Waals surface area contributed by atoms with Crippen molar-refractivity contribution in [3.63, 3.8) is 0 Å². The van der Waals surface area contributed by atoms with Crippen molar-refractivity contribution in [3.8, 4) is 11.5 Å². The van der Waals surface area contributed by atoms with Gasteiger partial charge >= 0.3 is 6.09 Å². The third-order valence-electron chi connectivity index (χ3n) is 2.53. The first kappa shape index (κ1) is 15.0. The fourth-order valence-corrected chi connectivity index (χ4v) is 2.26. The van der Waals surface area contributed by atoms with Crippen LogP contribution in [0.4, 0.5) is 10.5 Å². The Morgan fingerprint density at radius 1 is 1.14 bits per heavy atom. The number of benzene rings is 2. The van der Waals surface area contributed by atoms with Gasteiger partial charge in [0.2, 0.25) is 0 Å². The Kier molecular flexibility index (Phi) is 5.29. The minimum atomic E-state index is -1.09. The van der Waals surface area contributed by atoms with E-state index in [0.29, 0.717) is 11.4 Å². The van der Waals surface area contributed by atoms with Crippen LogP contribution in [0.15, 0.2) is 66.1 Å². The maximum absolute atomic E-state index is 10.5. The highest BCUT2D eigenvalue weighted by atomic mass is 32.2. The summed E-state index contributed by atoms with van der Waals surface area (Å²) in [7, 11) is 0. The summed E-state index contributed by atoms with van der Waals surface area (Å²) in [6.07, 6.45) is 0.776. The Hall–Kier alpha value is -2.40. The summed E-state index contributed by atoms with van der Waals surface area (Å²) in [6.45, 7) is 3.69. The highest BCUT2D eigenvalue weighted by Crippen LogP contribution is 2.26. The lowest BCUT2D eigenvalue weighted by Gasteiger charge is -2.07. The van der Waals surface area contributed by atoms with Gasteiger partial charge in [0.15, 0.2) is 0 Å². The largest absolute Gasteiger partial charge is 0.465 e. The molecule has 0 aliphatic carbocycles. The monoisotopic (exact) mass is 301 g/mol. The Bertz CT molecular complexity index is 608. The van der Waals surface area contributed by atoms with Crippen LogP contribution in [0.5, 0.6) is 11.5 Å². The van der Waals surface area contributed by atoms with Crippen molar-refractivity contribution in [2.75, 3.05) is 11.1 Å². The molecule has 0 bridgehead atoms.